The van der Waals surface area contributed by atoms with Crippen LogP contribution in [0, 0.1) is 5.92 Å². The van der Waals surface area contributed by atoms with Gasteiger partial charge >= 0.3 is 0 Å². The summed E-state index contributed by atoms with van der Waals surface area (Å²) in [7, 11) is 0. The SMILES string of the molecule is O=C(Nc1nccs1)C(CC1CCCC1)c1cccnc1. The zero-order valence-corrected chi connectivity index (χ0v) is 12.7. The molecule has 2 aromatic rings. The van der Waals surface area contributed by atoms with Gasteiger partial charge in [-0.2, -0.15) is 0 Å². The van der Waals surface area contributed by atoms with Gasteiger partial charge in [-0.1, -0.05) is 31.7 Å². The fourth-order valence-corrected chi connectivity index (χ4v) is 3.57. The Morgan fingerprint density at radius 1 is 1.38 bits per heavy atom. The lowest BCUT2D eigenvalue weighted by Gasteiger charge is -2.19. The van der Waals surface area contributed by atoms with Crippen LogP contribution >= 0.6 is 11.3 Å². The summed E-state index contributed by atoms with van der Waals surface area (Å²) in [6.45, 7) is 0. The fraction of sp³-hybridized carbons (Fsp3) is 0.438. The van der Waals surface area contributed by atoms with Crippen molar-refractivity contribution in [3.63, 3.8) is 0 Å². The van der Waals surface area contributed by atoms with Crippen molar-refractivity contribution in [3.8, 4) is 0 Å². The Kier molecular flexibility index (Phi) is 4.60. The molecule has 0 saturated heterocycles. The number of rotatable bonds is 5. The molecule has 1 saturated carbocycles. The Labute approximate surface area is 128 Å². The molecule has 0 aliphatic heterocycles. The highest BCUT2D eigenvalue weighted by molar-refractivity contribution is 7.13. The van der Waals surface area contributed by atoms with Crippen LogP contribution in [0.4, 0.5) is 5.13 Å². The van der Waals surface area contributed by atoms with Crippen molar-refractivity contribution in [3.05, 3.63) is 41.7 Å². The first kappa shape index (κ1) is 14.2. The zero-order chi connectivity index (χ0) is 14.5. The van der Waals surface area contributed by atoms with E-state index in [1.165, 1.54) is 37.0 Å². The molecular weight excluding hydrogens is 282 g/mol. The summed E-state index contributed by atoms with van der Waals surface area (Å²) in [4.78, 5) is 20.9. The van der Waals surface area contributed by atoms with Crippen LogP contribution in [-0.4, -0.2) is 15.9 Å². The number of anilines is 1. The number of hydrogen-bond donors (Lipinski definition) is 1. The normalized spacial score (nSPS) is 16.8. The van der Waals surface area contributed by atoms with Crippen LogP contribution in [0.5, 0.6) is 0 Å². The predicted octanol–water partition coefficient (Wildman–Crippen LogP) is 3.84. The van der Waals surface area contributed by atoms with Crippen molar-refractivity contribution in [2.75, 3.05) is 5.32 Å². The van der Waals surface area contributed by atoms with Gasteiger partial charge in [0.1, 0.15) is 0 Å². The van der Waals surface area contributed by atoms with Gasteiger partial charge in [-0.25, -0.2) is 4.98 Å². The topological polar surface area (TPSA) is 54.9 Å². The van der Waals surface area contributed by atoms with E-state index in [0.717, 1.165) is 12.0 Å². The Morgan fingerprint density at radius 3 is 2.90 bits per heavy atom. The first-order valence-electron chi connectivity index (χ1n) is 7.43. The third kappa shape index (κ3) is 3.67. The van der Waals surface area contributed by atoms with Gasteiger partial charge in [0.15, 0.2) is 5.13 Å². The molecule has 2 heterocycles. The number of carbonyl (C=O) groups excluding carboxylic acids is 1. The van der Waals surface area contributed by atoms with Gasteiger partial charge in [0, 0.05) is 24.0 Å². The maximum atomic E-state index is 12.6. The first-order valence-corrected chi connectivity index (χ1v) is 8.31. The average Bonchev–Trinajstić information content (AvgIpc) is 3.19. The van der Waals surface area contributed by atoms with E-state index in [0.29, 0.717) is 11.0 Å². The van der Waals surface area contributed by atoms with Crippen molar-refractivity contribution in [2.45, 2.75) is 38.0 Å². The summed E-state index contributed by atoms with van der Waals surface area (Å²) < 4.78 is 0. The molecule has 1 amide bonds. The third-order valence-corrected chi connectivity index (χ3v) is 4.80. The van der Waals surface area contributed by atoms with E-state index in [4.69, 9.17) is 0 Å². The van der Waals surface area contributed by atoms with Crippen LogP contribution < -0.4 is 5.32 Å². The molecule has 1 N–H and O–H groups in total. The van der Waals surface area contributed by atoms with Gasteiger partial charge in [0.25, 0.3) is 0 Å². The lowest BCUT2D eigenvalue weighted by molar-refractivity contribution is -0.118. The molecule has 2 aromatic heterocycles. The van der Waals surface area contributed by atoms with Gasteiger partial charge in [-0.05, 0) is 24.0 Å². The van der Waals surface area contributed by atoms with Crippen LogP contribution in [-0.2, 0) is 4.79 Å². The molecule has 110 valence electrons. The summed E-state index contributed by atoms with van der Waals surface area (Å²) in [5.74, 6) is 0.549. The molecule has 1 aliphatic rings. The van der Waals surface area contributed by atoms with Crippen LogP contribution in [0.25, 0.3) is 0 Å². The van der Waals surface area contributed by atoms with E-state index in [1.54, 1.807) is 18.6 Å². The minimum Gasteiger partial charge on any atom is -0.301 e. The van der Waals surface area contributed by atoms with Crippen molar-refractivity contribution in [1.82, 2.24) is 9.97 Å². The average molecular weight is 301 g/mol. The van der Waals surface area contributed by atoms with Crippen molar-refractivity contribution >= 4 is 22.4 Å². The largest absolute Gasteiger partial charge is 0.301 e. The van der Waals surface area contributed by atoms with Crippen molar-refractivity contribution < 1.29 is 4.79 Å². The number of carbonyl (C=O) groups is 1. The standard InChI is InChI=1S/C16H19N3OS/c20-15(19-16-18-8-9-21-16)14(10-12-4-1-2-5-12)13-6-3-7-17-11-13/h3,6-9,11-12,14H,1-2,4-5,10H2,(H,18,19,20). The second-order valence-electron chi connectivity index (χ2n) is 5.55. The number of thiazole rings is 1. The van der Waals surface area contributed by atoms with Gasteiger partial charge in [-0.3, -0.25) is 9.78 Å². The summed E-state index contributed by atoms with van der Waals surface area (Å²) in [5, 5.41) is 5.47. The molecule has 21 heavy (non-hydrogen) atoms. The van der Waals surface area contributed by atoms with Crippen molar-refractivity contribution in [2.24, 2.45) is 5.92 Å². The molecule has 1 aliphatic carbocycles. The van der Waals surface area contributed by atoms with Crippen molar-refractivity contribution in [1.29, 1.82) is 0 Å². The molecule has 0 aromatic carbocycles. The summed E-state index contributed by atoms with van der Waals surface area (Å²) >= 11 is 1.45. The quantitative estimate of drug-likeness (QED) is 0.913. The number of nitrogens with one attached hydrogen (secondary N) is 1. The van der Waals surface area contributed by atoms with Crippen LogP contribution in [0.3, 0.4) is 0 Å². The van der Waals surface area contributed by atoms with E-state index < -0.39 is 0 Å². The lowest BCUT2D eigenvalue weighted by Crippen LogP contribution is -2.23. The van der Waals surface area contributed by atoms with Gasteiger partial charge in [0.05, 0.1) is 5.92 Å². The van der Waals surface area contributed by atoms with E-state index in [1.807, 2.05) is 17.5 Å². The Balaban J connectivity index is 1.75. The predicted molar refractivity (Wildman–Crippen MR) is 84.3 cm³/mol. The Morgan fingerprint density at radius 2 is 2.24 bits per heavy atom. The molecule has 1 atom stereocenters. The zero-order valence-electron chi connectivity index (χ0n) is 11.9. The minimum absolute atomic E-state index is 0.0323. The highest BCUT2D eigenvalue weighted by Crippen LogP contribution is 2.34. The van der Waals surface area contributed by atoms with E-state index in [2.05, 4.69) is 15.3 Å². The van der Waals surface area contributed by atoms with E-state index in [9.17, 15) is 4.79 Å². The third-order valence-electron chi connectivity index (χ3n) is 4.11. The molecular formula is C16H19N3OS. The number of hydrogen-bond acceptors (Lipinski definition) is 4. The van der Waals surface area contributed by atoms with E-state index in [-0.39, 0.29) is 11.8 Å². The number of pyridine rings is 1. The van der Waals surface area contributed by atoms with Gasteiger partial charge in [0.2, 0.25) is 5.91 Å². The summed E-state index contributed by atoms with van der Waals surface area (Å²) in [6.07, 6.45) is 11.2. The highest BCUT2D eigenvalue weighted by atomic mass is 32.1. The van der Waals surface area contributed by atoms with Gasteiger partial charge < -0.3 is 5.32 Å². The molecule has 5 heteroatoms. The van der Waals surface area contributed by atoms with Crippen LogP contribution in [0.15, 0.2) is 36.1 Å². The molecule has 4 nitrogen and oxygen atoms in total. The number of aromatic nitrogens is 2. The van der Waals surface area contributed by atoms with Crippen LogP contribution in [0.2, 0.25) is 0 Å². The molecule has 0 spiro atoms. The first-order chi connectivity index (χ1) is 10.3. The van der Waals surface area contributed by atoms with Gasteiger partial charge in [-0.15, -0.1) is 11.3 Å². The summed E-state index contributed by atoms with van der Waals surface area (Å²) in [5.41, 5.74) is 0.999. The highest BCUT2D eigenvalue weighted by Gasteiger charge is 2.27. The monoisotopic (exact) mass is 301 g/mol. The van der Waals surface area contributed by atoms with E-state index >= 15 is 0 Å². The maximum Gasteiger partial charge on any atom is 0.233 e. The smallest absolute Gasteiger partial charge is 0.233 e. The van der Waals surface area contributed by atoms with Crippen LogP contribution in [0.1, 0.15) is 43.6 Å². The minimum atomic E-state index is -0.134. The Hall–Kier alpha value is -1.75. The summed E-state index contributed by atoms with van der Waals surface area (Å²) in [6, 6.07) is 3.89. The second kappa shape index (κ2) is 6.80. The Bertz CT molecular complexity index is 564. The lowest BCUT2D eigenvalue weighted by atomic mass is 9.88. The number of nitrogens with zero attached hydrogens (tertiary/aromatic N) is 2. The molecule has 1 unspecified atom stereocenters. The molecule has 1 fully saturated rings. The molecule has 0 radical (unpaired) electrons. The number of amides is 1. The maximum absolute atomic E-state index is 12.6. The second-order valence-corrected chi connectivity index (χ2v) is 6.45. The molecule has 3 rings (SSSR count). The molecule has 0 bridgehead atoms. The fourth-order valence-electron chi connectivity index (χ4n) is 3.03.